The molecule has 4 N–H and O–H groups in total. The van der Waals surface area contributed by atoms with E-state index >= 15 is 0 Å². The highest BCUT2D eigenvalue weighted by Crippen LogP contribution is 2.27. The molecule has 0 saturated heterocycles. The molecule has 0 aliphatic heterocycles. The summed E-state index contributed by atoms with van der Waals surface area (Å²) in [6.07, 6.45) is -2.00. The molecule has 0 spiro atoms. The van der Waals surface area contributed by atoms with Crippen LogP contribution in [0.2, 0.25) is 0 Å². The summed E-state index contributed by atoms with van der Waals surface area (Å²) in [5.41, 5.74) is 0. The predicted octanol–water partition coefficient (Wildman–Crippen LogP) is -0.486. The van der Waals surface area contributed by atoms with Crippen molar-refractivity contribution in [2.45, 2.75) is 5.78 Å². The van der Waals surface area contributed by atoms with E-state index in [1.54, 1.807) is 5.32 Å². The molecular weight excluding hydrogens is 208 g/mol. The van der Waals surface area contributed by atoms with Crippen LogP contribution in [0.1, 0.15) is 0 Å². The molecule has 9 heteroatoms. The molecule has 0 aliphatic carbocycles. The van der Waals surface area contributed by atoms with E-state index in [1.807, 2.05) is 0 Å². The van der Waals surface area contributed by atoms with Gasteiger partial charge >= 0.3 is 6.09 Å². The van der Waals surface area contributed by atoms with E-state index in [-0.39, 0.29) is 0 Å². The molecule has 12 heavy (non-hydrogen) atoms. The Labute approximate surface area is 69.1 Å². The van der Waals surface area contributed by atoms with Gasteiger partial charge < -0.3 is 20.2 Å². The Hall–Kier alpha value is -0.350. The van der Waals surface area contributed by atoms with Crippen LogP contribution in [-0.2, 0) is 9.13 Å². The average molecular weight is 217 g/mol. The van der Waals surface area contributed by atoms with Gasteiger partial charge in [-0.3, -0.25) is 9.13 Å². The Balaban J connectivity index is 4.14. The van der Waals surface area contributed by atoms with Crippen molar-refractivity contribution in [1.82, 2.24) is 5.32 Å². The predicted molar refractivity (Wildman–Crippen MR) is 42.3 cm³/mol. The maximum atomic E-state index is 10.4. The number of carboxylic acid groups (broad SMARTS) is 1. The third-order valence-corrected chi connectivity index (χ3v) is 3.08. The van der Waals surface area contributed by atoms with Crippen LogP contribution < -0.4 is 5.32 Å². The van der Waals surface area contributed by atoms with Crippen molar-refractivity contribution in [2.75, 3.05) is 6.16 Å². The number of nitrogens with one attached hydrogen (secondary N) is 1. The Morgan fingerprint density at radius 2 is 1.92 bits per heavy atom. The molecule has 0 heterocycles. The van der Waals surface area contributed by atoms with Gasteiger partial charge in [0.2, 0.25) is 8.03 Å². The lowest BCUT2D eigenvalue weighted by Gasteiger charge is -2.10. The van der Waals surface area contributed by atoms with E-state index in [4.69, 9.17) is 14.9 Å². The summed E-state index contributed by atoms with van der Waals surface area (Å²) in [5, 5.41) is 9.80. The monoisotopic (exact) mass is 217 g/mol. The molecule has 3 unspecified atom stereocenters. The largest absolute Gasteiger partial charge is 0.465 e. The van der Waals surface area contributed by atoms with Gasteiger partial charge in [-0.1, -0.05) is 0 Å². The summed E-state index contributed by atoms with van der Waals surface area (Å²) in [6.45, 7) is 0. The lowest BCUT2D eigenvalue weighted by molar-refractivity contribution is 0.193. The fourth-order valence-electron chi connectivity index (χ4n) is 0.524. The van der Waals surface area contributed by atoms with Crippen LogP contribution in [0.5, 0.6) is 0 Å². The summed E-state index contributed by atoms with van der Waals surface area (Å²) >= 11 is 0. The fraction of sp³-hybridized carbons (Fsp3) is 0.667. The molecule has 0 fully saturated rings. The first-order valence-corrected chi connectivity index (χ1v) is 5.87. The van der Waals surface area contributed by atoms with E-state index in [9.17, 15) is 13.9 Å². The number of hydrogen-bond acceptors (Lipinski definition) is 3. The van der Waals surface area contributed by atoms with Crippen LogP contribution in [0.4, 0.5) is 4.79 Å². The van der Waals surface area contributed by atoms with Crippen LogP contribution in [0.15, 0.2) is 0 Å². The maximum absolute atomic E-state index is 10.4. The average Bonchev–Trinajstić information content (AvgIpc) is 1.83. The van der Waals surface area contributed by atoms with Gasteiger partial charge in [0.05, 0.1) is 6.16 Å². The van der Waals surface area contributed by atoms with Crippen molar-refractivity contribution < 1.29 is 28.8 Å². The second kappa shape index (κ2) is 5.32. The van der Waals surface area contributed by atoms with Gasteiger partial charge in [-0.25, -0.2) is 4.79 Å². The Kier molecular flexibility index (Phi) is 5.17. The summed E-state index contributed by atoms with van der Waals surface area (Å²) in [7, 11) is -6.07. The minimum absolute atomic E-state index is 0.509. The van der Waals surface area contributed by atoms with E-state index in [0.717, 1.165) is 0 Å². The quantitative estimate of drug-likeness (QED) is 0.471. The van der Waals surface area contributed by atoms with Crippen LogP contribution in [0.25, 0.3) is 0 Å². The zero-order chi connectivity index (χ0) is 9.72. The molecule has 0 aromatic rings. The highest BCUT2D eigenvalue weighted by Gasteiger charge is 2.18. The minimum atomic E-state index is -3.14. The fourth-order valence-corrected chi connectivity index (χ4v) is 2.44. The van der Waals surface area contributed by atoms with E-state index in [0.29, 0.717) is 0 Å². The molecule has 3 atom stereocenters. The molecule has 0 radical (unpaired) electrons. The zero-order valence-electron chi connectivity index (χ0n) is 5.85. The molecule has 0 aromatic carbocycles. The summed E-state index contributed by atoms with van der Waals surface area (Å²) in [5.74, 6) is -1.33. The lowest BCUT2D eigenvalue weighted by atomic mass is 10.7. The molecule has 0 bridgehead atoms. The first-order chi connectivity index (χ1) is 5.43. The summed E-state index contributed by atoms with van der Waals surface area (Å²) < 4.78 is 20.6. The van der Waals surface area contributed by atoms with Gasteiger partial charge in [0.1, 0.15) is 5.78 Å². The van der Waals surface area contributed by atoms with E-state index in [1.165, 1.54) is 0 Å². The van der Waals surface area contributed by atoms with E-state index < -0.39 is 34.1 Å². The van der Waals surface area contributed by atoms with Crippen LogP contribution in [-0.4, -0.2) is 32.9 Å². The van der Waals surface area contributed by atoms with Gasteiger partial charge in [0.15, 0.2) is 8.03 Å². The summed E-state index contributed by atoms with van der Waals surface area (Å²) in [6, 6.07) is 0. The van der Waals surface area contributed by atoms with Crippen molar-refractivity contribution in [3.05, 3.63) is 0 Å². The second-order valence-electron chi connectivity index (χ2n) is 1.94. The molecule has 7 nitrogen and oxygen atoms in total. The Morgan fingerprint density at radius 3 is 2.17 bits per heavy atom. The van der Waals surface area contributed by atoms with Gasteiger partial charge in [-0.15, -0.1) is 0 Å². The number of hydrogen-bond donors (Lipinski definition) is 4. The third kappa shape index (κ3) is 5.32. The first-order valence-electron chi connectivity index (χ1n) is 2.87. The van der Waals surface area contributed by atoms with Crippen molar-refractivity contribution in [2.24, 2.45) is 0 Å². The van der Waals surface area contributed by atoms with Crippen molar-refractivity contribution in [1.29, 1.82) is 0 Å². The molecule has 0 aromatic heterocycles. The smallest absolute Gasteiger partial charge is 0.405 e. The SMILES string of the molecule is O=C(O)NC(C[PH](=O)O)[PH](=O)O. The number of carbonyl (C=O) groups is 1. The van der Waals surface area contributed by atoms with Gasteiger partial charge in [0.25, 0.3) is 0 Å². The second-order valence-corrected chi connectivity index (χ2v) is 4.51. The molecule has 72 valence electrons. The number of amides is 1. The topological polar surface area (TPSA) is 124 Å². The maximum Gasteiger partial charge on any atom is 0.405 e. The lowest BCUT2D eigenvalue weighted by Crippen LogP contribution is -2.32. The van der Waals surface area contributed by atoms with E-state index in [2.05, 4.69) is 0 Å². The van der Waals surface area contributed by atoms with Crippen molar-refractivity contribution >= 4 is 22.1 Å². The minimum Gasteiger partial charge on any atom is -0.465 e. The Morgan fingerprint density at radius 1 is 1.42 bits per heavy atom. The number of rotatable bonds is 4. The zero-order valence-corrected chi connectivity index (χ0v) is 7.85. The van der Waals surface area contributed by atoms with Crippen LogP contribution in [0.3, 0.4) is 0 Å². The molecule has 1 amide bonds. The van der Waals surface area contributed by atoms with Crippen molar-refractivity contribution in [3.8, 4) is 0 Å². The standard InChI is InChI=1S/C3H9NO6P2/c5-3(6)4-2(12(9)10)1-11(7)8/h2,4,11-12H,1H2,(H,5,6)(H,7,8)(H,9,10). The van der Waals surface area contributed by atoms with Gasteiger partial charge in [-0.2, -0.15) is 0 Å². The highest BCUT2D eigenvalue weighted by atomic mass is 31.1. The van der Waals surface area contributed by atoms with Crippen LogP contribution >= 0.6 is 16.1 Å². The molecule has 0 aliphatic rings. The molecule has 0 saturated carbocycles. The van der Waals surface area contributed by atoms with Gasteiger partial charge in [0, 0.05) is 0 Å². The van der Waals surface area contributed by atoms with Crippen molar-refractivity contribution in [3.63, 3.8) is 0 Å². The Bertz CT molecular complexity index is 201. The summed E-state index contributed by atoms with van der Waals surface area (Å²) in [4.78, 5) is 26.8. The normalized spacial score (nSPS) is 17.8. The molecular formula is C3H9NO6P2. The first kappa shape index (κ1) is 11.6. The third-order valence-electron chi connectivity index (χ3n) is 0.975. The van der Waals surface area contributed by atoms with Crippen LogP contribution in [0, 0.1) is 0 Å². The van der Waals surface area contributed by atoms with Gasteiger partial charge in [-0.05, 0) is 0 Å². The molecule has 0 rings (SSSR count). The highest BCUT2D eigenvalue weighted by molar-refractivity contribution is 7.43.